The van der Waals surface area contributed by atoms with Gasteiger partial charge in [-0.2, -0.15) is 0 Å². The van der Waals surface area contributed by atoms with E-state index < -0.39 is 23.8 Å². The van der Waals surface area contributed by atoms with Gasteiger partial charge >= 0.3 is 11.9 Å². The number of rotatable bonds is 7. The van der Waals surface area contributed by atoms with Crippen molar-refractivity contribution in [2.75, 3.05) is 12.5 Å². The maximum atomic E-state index is 13.3. The maximum Gasteiger partial charge on any atom is 0.336 e. The van der Waals surface area contributed by atoms with Crippen LogP contribution < -0.4 is 0 Å². The smallest absolute Gasteiger partial charge is 0.336 e. The summed E-state index contributed by atoms with van der Waals surface area (Å²) < 4.78 is 10.9. The number of esters is 2. The average molecular weight is 495 g/mol. The number of allylic oxidation sites excluding steroid dienone is 1. The lowest BCUT2D eigenvalue weighted by molar-refractivity contribution is -0.146. The molecule has 0 fully saturated rings. The molecule has 0 saturated carbocycles. The minimum Gasteiger partial charge on any atom is -0.465 e. The lowest BCUT2D eigenvalue weighted by Gasteiger charge is -2.32. The summed E-state index contributed by atoms with van der Waals surface area (Å²) in [5, 5.41) is 0.746. The molecular weight excluding hydrogens is 473 g/mol. The monoisotopic (exact) mass is 493 g/mol. The predicted molar refractivity (Wildman–Crippen MR) is 126 cm³/mol. The molecule has 0 aliphatic carbocycles. The molecule has 32 heavy (non-hydrogen) atoms. The van der Waals surface area contributed by atoms with Crippen LogP contribution in [0, 0.1) is 5.92 Å². The Morgan fingerprint density at radius 3 is 2.41 bits per heavy atom. The molecule has 0 N–H and O–H groups in total. The second kappa shape index (κ2) is 11.0. The third-order valence-electron chi connectivity index (χ3n) is 5.11. The molecule has 0 amide bonds. The molecule has 1 heterocycles. The van der Waals surface area contributed by atoms with Crippen LogP contribution >= 0.6 is 34.8 Å². The van der Waals surface area contributed by atoms with Crippen molar-refractivity contribution in [2.45, 2.75) is 26.4 Å². The SMILES string of the molecule is CCOC(=O)C1C(CCl)=NC(C)=C(C(=O)OCc2ccccc2)C1c1ccc(Cl)cc1Cl. The summed E-state index contributed by atoms with van der Waals surface area (Å²) in [6, 6.07) is 14.2. The van der Waals surface area contributed by atoms with E-state index in [4.69, 9.17) is 44.3 Å². The van der Waals surface area contributed by atoms with Crippen molar-refractivity contribution >= 4 is 52.5 Å². The van der Waals surface area contributed by atoms with Crippen LogP contribution in [0.2, 0.25) is 10.0 Å². The number of aliphatic imine (C=N–C) groups is 1. The Morgan fingerprint density at radius 2 is 1.78 bits per heavy atom. The first-order valence-electron chi connectivity index (χ1n) is 10.0. The summed E-state index contributed by atoms with van der Waals surface area (Å²) in [5.74, 6) is -2.84. The van der Waals surface area contributed by atoms with Gasteiger partial charge in [0.2, 0.25) is 0 Å². The molecule has 0 spiro atoms. The van der Waals surface area contributed by atoms with Gasteiger partial charge in [-0.25, -0.2) is 4.79 Å². The van der Waals surface area contributed by atoms with E-state index in [0.29, 0.717) is 27.0 Å². The lowest BCUT2D eigenvalue weighted by atomic mass is 9.75. The average Bonchev–Trinajstić information content (AvgIpc) is 2.77. The quantitative estimate of drug-likeness (QED) is 0.351. The number of carbonyl (C=O) groups excluding carboxylic acids is 2. The van der Waals surface area contributed by atoms with Gasteiger partial charge in [-0.1, -0.05) is 59.6 Å². The first-order chi connectivity index (χ1) is 15.4. The van der Waals surface area contributed by atoms with Crippen molar-refractivity contribution in [3.8, 4) is 0 Å². The zero-order chi connectivity index (χ0) is 23.3. The van der Waals surface area contributed by atoms with Crippen molar-refractivity contribution in [3.05, 3.63) is 81.0 Å². The number of hydrogen-bond acceptors (Lipinski definition) is 5. The number of alkyl halides is 1. The first kappa shape index (κ1) is 24.3. The van der Waals surface area contributed by atoms with Crippen LogP contribution in [0.5, 0.6) is 0 Å². The second-order valence-corrected chi connectivity index (χ2v) is 8.28. The Bertz CT molecular complexity index is 1070. The van der Waals surface area contributed by atoms with Crippen LogP contribution in [0.4, 0.5) is 0 Å². The van der Waals surface area contributed by atoms with Gasteiger partial charge in [0, 0.05) is 27.4 Å². The van der Waals surface area contributed by atoms with Gasteiger partial charge in [0.15, 0.2) is 0 Å². The molecule has 8 heteroatoms. The summed E-state index contributed by atoms with van der Waals surface area (Å²) in [4.78, 5) is 30.7. The van der Waals surface area contributed by atoms with E-state index in [0.717, 1.165) is 5.56 Å². The van der Waals surface area contributed by atoms with Gasteiger partial charge in [-0.3, -0.25) is 9.79 Å². The molecule has 1 aliphatic heterocycles. The first-order valence-corrected chi connectivity index (χ1v) is 11.3. The van der Waals surface area contributed by atoms with Crippen LogP contribution in [0.25, 0.3) is 0 Å². The fourth-order valence-electron chi connectivity index (χ4n) is 3.71. The largest absolute Gasteiger partial charge is 0.465 e. The zero-order valence-corrected chi connectivity index (χ0v) is 19.9. The van der Waals surface area contributed by atoms with Gasteiger partial charge in [0.05, 0.1) is 18.1 Å². The highest BCUT2D eigenvalue weighted by molar-refractivity contribution is 6.35. The summed E-state index contributed by atoms with van der Waals surface area (Å²) in [5.41, 5.74) is 2.42. The van der Waals surface area contributed by atoms with Crippen LogP contribution in [-0.4, -0.2) is 30.1 Å². The summed E-state index contributed by atoms with van der Waals surface area (Å²) in [6.07, 6.45) is 0. The Balaban J connectivity index is 2.08. The van der Waals surface area contributed by atoms with E-state index in [1.54, 1.807) is 32.0 Å². The van der Waals surface area contributed by atoms with E-state index in [2.05, 4.69) is 4.99 Å². The molecule has 2 atom stereocenters. The van der Waals surface area contributed by atoms with Crippen molar-refractivity contribution in [3.63, 3.8) is 0 Å². The van der Waals surface area contributed by atoms with E-state index in [-0.39, 0.29) is 24.7 Å². The normalized spacial score (nSPS) is 18.2. The van der Waals surface area contributed by atoms with E-state index in [1.165, 1.54) is 0 Å². The number of nitrogens with zero attached hydrogens (tertiary/aromatic N) is 1. The molecule has 0 saturated heterocycles. The Morgan fingerprint density at radius 1 is 1.06 bits per heavy atom. The lowest BCUT2D eigenvalue weighted by Crippen LogP contribution is -2.38. The number of hydrogen-bond donors (Lipinski definition) is 0. The molecule has 2 aromatic carbocycles. The van der Waals surface area contributed by atoms with Gasteiger partial charge in [0.25, 0.3) is 0 Å². The molecule has 168 valence electrons. The minimum absolute atomic E-state index is 0.00509. The van der Waals surface area contributed by atoms with Crippen molar-refractivity contribution < 1.29 is 19.1 Å². The van der Waals surface area contributed by atoms with Crippen LogP contribution in [-0.2, 0) is 25.7 Å². The molecule has 3 rings (SSSR count). The van der Waals surface area contributed by atoms with Crippen LogP contribution in [0.1, 0.15) is 30.9 Å². The highest BCUT2D eigenvalue weighted by atomic mass is 35.5. The molecule has 2 aromatic rings. The Hall–Kier alpha value is -2.34. The van der Waals surface area contributed by atoms with Crippen LogP contribution in [0.3, 0.4) is 0 Å². The van der Waals surface area contributed by atoms with Crippen molar-refractivity contribution in [1.29, 1.82) is 0 Å². The van der Waals surface area contributed by atoms with Gasteiger partial charge < -0.3 is 9.47 Å². The number of ether oxygens (including phenoxy) is 2. The highest BCUT2D eigenvalue weighted by Gasteiger charge is 2.44. The second-order valence-electron chi connectivity index (χ2n) is 7.17. The summed E-state index contributed by atoms with van der Waals surface area (Å²) >= 11 is 18.7. The maximum absolute atomic E-state index is 13.3. The topological polar surface area (TPSA) is 65.0 Å². The third-order valence-corrected chi connectivity index (χ3v) is 5.95. The number of benzene rings is 2. The summed E-state index contributed by atoms with van der Waals surface area (Å²) in [6.45, 7) is 3.64. The molecule has 5 nitrogen and oxygen atoms in total. The summed E-state index contributed by atoms with van der Waals surface area (Å²) in [7, 11) is 0. The van der Waals surface area contributed by atoms with Gasteiger partial charge in [0.1, 0.15) is 12.5 Å². The van der Waals surface area contributed by atoms with E-state index in [9.17, 15) is 9.59 Å². The highest BCUT2D eigenvalue weighted by Crippen LogP contribution is 2.43. The van der Waals surface area contributed by atoms with E-state index >= 15 is 0 Å². The molecular formula is C24H22Cl3NO4. The van der Waals surface area contributed by atoms with E-state index in [1.807, 2.05) is 30.3 Å². The molecule has 0 radical (unpaired) electrons. The van der Waals surface area contributed by atoms with Crippen molar-refractivity contribution in [1.82, 2.24) is 0 Å². The zero-order valence-electron chi connectivity index (χ0n) is 17.6. The molecule has 0 aromatic heterocycles. The third kappa shape index (κ3) is 5.34. The molecule has 2 unspecified atom stereocenters. The molecule has 1 aliphatic rings. The van der Waals surface area contributed by atoms with Gasteiger partial charge in [-0.15, -0.1) is 11.6 Å². The van der Waals surface area contributed by atoms with Gasteiger partial charge in [-0.05, 0) is 37.1 Å². The van der Waals surface area contributed by atoms with Crippen LogP contribution in [0.15, 0.2) is 64.8 Å². The Kier molecular flexibility index (Phi) is 8.35. The Labute approximate surface area is 202 Å². The standard InChI is InChI=1S/C24H22Cl3NO4/c1-3-31-24(30)22-19(12-25)28-14(2)20(21(22)17-10-9-16(26)11-18(17)27)23(29)32-13-15-7-5-4-6-8-15/h4-11,21-22H,3,12-13H2,1-2H3. The predicted octanol–water partition coefficient (Wildman–Crippen LogP) is 5.97. The van der Waals surface area contributed by atoms with Crippen molar-refractivity contribution in [2.24, 2.45) is 10.9 Å². The number of halogens is 3. The fraction of sp³-hybridized carbons (Fsp3) is 0.292. The number of carbonyl (C=O) groups is 2. The molecule has 0 bridgehead atoms. The fourth-order valence-corrected chi connectivity index (χ4v) is 4.46. The minimum atomic E-state index is -0.922.